The summed E-state index contributed by atoms with van der Waals surface area (Å²) in [5, 5.41) is 8.01. The minimum Gasteiger partial charge on any atom is -0.356 e. The fourth-order valence-electron chi connectivity index (χ4n) is 2.18. The molecule has 4 nitrogen and oxygen atoms in total. The van der Waals surface area contributed by atoms with Crippen LogP contribution in [0.15, 0.2) is 11.2 Å². The summed E-state index contributed by atoms with van der Waals surface area (Å²) in [6.07, 6.45) is 9.34. The minimum absolute atomic E-state index is 0.468. The average Bonchev–Trinajstić information content (AvgIpc) is 2.88. The van der Waals surface area contributed by atoms with Crippen LogP contribution in [-0.2, 0) is 6.42 Å². The molecule has 0 fully saturated rings. The first-order chi connectivity index (χ1) is 10.2. The van der Waals surface area contributed by atoms with Gasteiger partial charge in [-0.3, -0.25) is 4.99 Å². The van der Waals surface area contributed by atoms with E-state index in [1.165, 1.54) is 42.0 Å². The van der Waals surface area contributed by atoms with Gasteiger partial charge in [-0.1, -0.05) is 32.6 Å². The molecule has 0 spiro atoms. The number of nitrogens with zero attached hydrogens (tertiary/aromatic N) is 2. The quantitative estimate of drug-likeness (QED) is 0.417. The van der Waals surface area contributed by atoms with Crippen LogP contribution in [0.1, 0.15) is 55.8 Å². The fourth-order valence-corrected chi connectivity index (χ4v) is 2.97. The summed E-state index contributed by atoms with van der Waals surface area (Å²) >= 11 is 1.77. The van der Waals surface area contributed by atoms with Crippen LogP contribution < -0.4 is 10.6 Å². The zero-order chi connectivity index (χ0) is 15.5. The van der Waals surface area contributed by atoms with Crippen molar-refractivity contribution in [1.82, 2.24) is 15.6 Å². The van der Waals surface area contributed by atoms with Crippen LogP contribution in [0, 0.1) is 6.92 Å². The number of rotatable bonds is 9. The standard InChI is InChI=1S/C16H30N4S/c1-5-6-7-8-9-13(2)20-16(17-4)18-11-10-15-19-12-14(3)21-15/h12-13H,5-11H2,1-4H3,(H2,17,18,20). The van der Waals surface area contributed by atoms with Gasteiger partial charge in [-0.2, -0.15) is 0 Å². The van der Waals surface area contributed by atoms with Crippen molar-refractivity contribution in [2.75, 3.05) is 13.6 Å². The molecule has 0 aliphatic carbocycles. The summed E-state index contributed by atoms with van der Waals surface area (Å²) in [5.41, 5.74) is 0. The number of aromatic nitrogens is 1. The van der Waals surface area contributed by atoms with Crippen LogP contribution >= 0.6 is 11.3 Å². The number of thiazole rings is 1. The lowest BCUT2D eigenvalue weighted by molar-refractivity contribution is 0.537. The Kier molecular flexibility index (Phi) is 9.06. The molecule has 0 saturated heterocycles. The second-order valence-corrected chi connectivity index (χ2v) is 6.83. The Hall–Kier alpha value is -1.10. The third-order valence-electron chi connectivity index (χ3n) is 3.40. The van der Waals surface area contributed by atoms with E-state index in [0.29, 0.717) is 6.04 Å². The van der Waals surface area contributed by atoms with Crippen LogP contribution in [0.25, 0.3) is 0 Å². The molecule has 1 rings (SSSR count). The Balaban J connectivity index is 2.19. The Bertz CT molecular complexity index is 414. The van der Waals surface area contributed by atoms with Crippen molar-refractivity contribution < 1.29 is 0 Å². The molecule has 1 atom stereocenters. The highest BCUT2D eigenvalue weighted by atomic mass is 32.1. The van der Waals surface area contributed by atoms with Crippen LogP contribution in [0.5, 0.6) is 0 Å². The monoisotopic (exact) mass is 310 g/mol. The van der Waals surface area contributed by atoms with Gasteiger partial charge < -0.3 is 10.6 Å². The summed E-state index contributed by atoms with van der Waals surface area (Å²) in [5.74, 6) is 0.895. The number of unbranched alkanes of at least 4 members (excludes halogenated alkanes) is 3. The van der Waals surface area contributed by atoms with Gasteiger partial charge in [0, 0.05) is 37.1 Å². The highest BCUT2D eigenvalue weighted by molar-refractivity contribution is 7.11. The summed E-state index contributed by atoms with van der Waals surface area (Å²) in [4.78, 5) is 9.93. The Morgan fingerprint density at radius 3 is 2.81 bits per heavy atom. The van der Waals surface area contributed by atoms with Gasteiger partial charge in [0.15, 0.2) is 5.96 Å². The normalized spacial score (nSPS) is 13.2. The van der Waals surface area contributed by atoms with Crippen LogP contribution in [0.2, 0.25) is 0 Å². The van der Waals surface area contributed by atoms with Crippen molar-refractivity contribution in [3.8, 4) is 0 Å². The highest BCUT2D eigenvalue weighted by Crippen LogP contribution is 2.10. The average molecular weight is 311 g/mol. The molecular weight excluding hydrogens is 280 g/mol. The summed E-state index contributed by atoms with van der Waals surface area (Å²) in [6.45, 7) is 7.44. The van der Waals surface area contributed by atoms with Crippen LogP contribution in [-0.4, -0.2) is 30.6 Å². The first-order valence-corrected chi connectivity index (χ1v) is 8.85. The fraction of sp³-hybridized carbons (Fsp3) is 0.750. The Labute approximate surface area is 133 Å². The predicted octanol–water partition coefficient (Wildman–Crippen LogP) is 3.52. The minimum atomic E-state index is 0.468. The summed E-state index contributed by atoms with van der Waals surface area (Å²) < 4.78 is 0. The van der Waals surface area contributed by atoms with E-state index in [2.05, 4.69) is 41.4 Å². The van der Waals surface area contributed by atoms with Gasteiger partial charge in [-0.15, -0.1) is 11.3 Å². The molecule has 2 N–H and O–H groups in total. The molecule has 0 bridgehead atoms. The van der Waals surface area contributed by atoms with Gasteiger partial charge in [0.25, 0.3) is 0 Å². The molecule has 0 aliphatic heterocycles. The zero-order valence-electron chi connectivity index (χ0n) is 13.9. The van der Waals surface area contributed by atoms with Gasteiger partial charge in [-0.05, 0) is 20.3 Å². The molecule has 0 saturated carbocycles. The Morgan fingerprint density at radius 2 is 2.19 bits per heavy atom. The molecule has 21 heavy (non-hydrogen) atoms. The van der Waals surface area contributed by atoms with Crippen LogP contribution in [0.4, 0.5) is 0 Å². The van der Waals surface area contributed by atoms with E-state index in [4.69, 9.17) is 0 Å². The first-order valence-electron chi connectivity index (χ1n) is 8.04. The lowest BCUT2D eigenvalue weighted by Crippen LogP contribution is -2.42. The molecule has 5 heteroatoms. The van der Waals surface area contributed by atoms with Gasteiger partial charge >= 0.3 is 0 Å². The van der Waals surface area contributed by atoms with Gasteiger partial charge in [0.1, 0.15) is 0 Å². The van der Waals surface area contributed by atoms with Crippen molar-refractivity contribution in [1.29, 1.82) is 0 Å². The summed E-state index contributed by atoms with van der Waals surface area (Å²) in [7, 11) is 1.83. The van der Waals surface area contributed by atoms with Gasteiger partial charge in [-0.25, -0.2) is 4.98 Å². The maximum absolute atomic E-state index is 4.38. The largest absolute Gasteiger partial charge is 0.356 e. The molecule has 1 heterocycles. The number of guanidine groups is 1. The molecule has 0 aromatic carbocycles. The third-order valence-corrected chi connectivity index (χ3v) is 4.37. The van der Waals surface area contributed by atoms with Crippen LogP contribution in [0.3, 0.4) is 0 Å². The van der Waals surface area contributed by atoms with E-state index < -0.39 is 0 Å². The molecule has 0 radical (unpaired) electrons. The highest BCUT2D eigenvalue weighted by Gasteiger charge is 2.05. The predicted molar refractivity (Wildman–Crippen MR) is 93.3 cm³/mol. The second-order valence-electron chi connectivity index (χ2n) is 5.51. The van der Waals surface area contributed by atoms with E-state index in [1.807, 2.05) is 13.2 Å². The van der Waals surface area contributed by atoms with Crippen molar-refractivity contribution in [2.45, 2.75) is 65.3 Å². The maximum atomic E-state index is 4.38. The molecule has 0 amide bonds. The van der Waals surface area contributed by atoms with Gasteiger partial charge in [0.05, 0.1) is 5.01 Å². The number of nitrogens with one attached hydrogen (secondary N) is 2. The molecule has 1 aromatic heterocycles. The lowest BCUT2D eigenvalue weighted by atomic mass is 10.1. The number of aryl methyl sites for hydroxylation is 1. The second kappa shape index (κ2) is 10.6. The zero-order valence-corrected chi connectivity index (χ0v) is 14.7. The topological polar surface area (TPSA) is 49.3 Å². The SMILES string of the molecule is CCCCCCC(C)NC(=NC)NCCc1ncc(C)s1. The van der Waals surface area contributed by atoms with Gasteiger partial charge in [0.2, 0.25) is 0 Å². The molecule has 0 aliphatic rings. The third kappa shape index (κ3) is 8.05. The number of hydrogen-bond donors (Lipinski definition) is 2. The lowest BCUT2D eigenvalue weighted by Gasteiger charge is -2.17. The Morgan fingerprint density at radius 1 is 1.38 bits per heavy atom. The van der Waals surface area contributed by atoms with E-state index in [1.54, 1.807) is 11.3 Å². The first kappa shape index (κ1) is 18.0. The van der Waals surface area contributed by atoms with Crippen molar-refractivity contribution in [3.05, 3.63) is 16.1 Å². The number of aliphatic imine (C=N–C) groups is 1. The molecule has 1 aromatic rings. The maximum Gasteiger partial charge on any atom is 0.191 e. The van der Waals surface area contributed by atoms with E-state index in [-0.39, 0.29) is 0 Å². The summed E-state index contributed by atoms with van der Waals surface area (Å²) in [6, 6.07) is 0.468. The molecule has 1 unspecified atom stereocenters. The smallest absolute Gasteiger partial charge is 0.191 e. The van der Waals surface area contributed by atoms with Crippen molar-refractivity contribution >= 4 is 17.3 Å². The van der Waals surface area contributed by atoms with E-state index in [0.717, 1.165) is 18.9 Å². The van der Waals surface area contributed by atoms with E-state index in [9.17, 15) is 0 Å². The number of hydrogen-bond acceptors (Lipinski definition) is 3. The van der Waals surface area contributed by atoms with E-state index >= 15 is 0 Å². The molecular formula is C16H30N4S. The van der Waals surface area contributed by atoms with Crippen molar-refractivity contribution in [3.63, 3.8) is 0 Å². The molecule has 120 valence electrons. The van der Waals surface area contributed by atoms with Crippen molar-refractivity contribution in [2.24, 2.45) is 4.99 Å².